The minimum atomic E-state index is 0.0293. The van der Waals surface area contributed by atoms with Gasteiger partial charge < -0.3 is 21.4 Å². The number of aromatic nitrogens is 2. The minimum absolute atomic E-state index is 0.0293. The predicted octanol–water partition coefficient (Wildman–Crippen LogP) is 4.51. The van der Waals surface area contributed by atoms with Gasteiger partial charge in [-0.25, -0.2) is 4.98 Å². The number of hydrogen-bond acceptors (Lipinski definition) is 6. The number of aliphatic hydroxyl groups excluding tert-OH is 1. The molecule has 0 aliphatic heterocycles. The SMILES string of the molecule is CCc1nc(CC)c(Cc2ccc(CO)cc2)c(OCc2ccc(-c3ccccc3/C(N)=N/N)cc2)n1. The fraction of sp³-hybridized carbons (Fsp3) is 0.233. The maximum Gasteiger partial charge on any atom is 0.220 e. The Balaban J connectivity index is 1.58. The van der Waals surface area contributed by atoms with Crippen LogP contribution in [0, 0.1) is 0 Å². The number of hydrazone groups is 1. The number of aliphatic hydroxyl groups is 1. The van der Waals surface area contributed by atoms with Crippen LogP contribution in [0.1, 0.15) is 53.2 Å². The van der Waals surface area contributed by atoms with Gasteiger partial charge in [-0.2, -0.15) is 10.1 Å². The highest BCUT2D eigenvalue weighted by atomic mass is 16.5. The number of hydrogen-bond donors (Lipinski definition) is 3. The summed E-state index contributed by atoms with van der Waals surface area (Å²) in [6.07, 6.45) is 2.19. The van der Waals surface area contributed by atoms with E-state index in [1.807, 2.05) is 79.7 Å². The van der Waals surface area contributed by atoms with Crippen molar-refractivity contribution in [2.24, 2.45) is 16.7 Å². The number of rotatable bonds is 10. The summed E-state index contributed by atoms with van der Waals surface area (Å²) in [5.41, 5.74) is 13.8. The van der Waals surface area contributed by atoms with E-state index in [1.165, 1.54) is 0 Å². The maximum absolute atomic E-state index is 9.36. The standard InChI is InChI=1S/C30H33N5O2/c1-3-27-26(17-20-9-11-21(18-36)12-10-20)30(34-28(4-2)33-27)37-19-22-13-15-23(16-14-22)24-7-5-6-8-25(24)29(31)35-32/h5-16,36H,3-4,17-19,32H2,1-2H3,(H2,31,35). The number of benzene rings is 3. The van der Waals surface area contributed by atoms with Crippen LogP contribution in [0.3, 0.4) is 0 Å². The van der Waals surface area contributed by atoms with E-state index in [-0.39, 0.29) is 6.61 Å². The summed E-state index contributed by atoms with van der Waals surface area (Å²) in [5, 5.41) is 13.0. The van der Waals surface area contributed by atoms with Gasteiger partial charge >= 0.3 is 0 Å². The molecule has 190 valence electrons. The van der Waals surface area contributed by atoms with Crippen LogP contribution in [0.25, 0.3) is 11.1 Å². The molecule has 0 fully saturated rings. The van der Waals surface area contributed by atoms with E-state index in [0.717, 1.165) is 63.3 Å². The van der Waals surface area contributed by atoms with Gasteiger partial charge in [0.05, 0.1) is 12.3 Å². The number of ether oxygens (including phenoxy) is 1. The molecule has 7 nitrogen and oxygen atoms in total. The maximum atomic E-state index is 9.36. The molecule has 0 aliphatic rings. The molecule has 0 saturated carbocycles. The highest BCUT2D eigenvalue weighted by molar-refractivity contribution is 6.03. The lowest BCUT2D eigenvalue weighted by molar-refractivity contribution is 0.282. The summed E-state index contributed by atoms with van der Waals surface area (Å²) in [5.74, 6) is 7.10. The second-order valence-corrected chi connectivity index (χ2v) is 8.77. The largest absolute Gasteiger partial charge is 0.472 e. The Kier molecular flexibility index (Phi) is 8.48. The third-order valence-electron chi connectivity index (χ3n) is 6.32. The highest BCUT2D eigenvalue weighted by Crippen LogP contribution is 2.27. The van der Waals surface area contributed by atoms with Crippen LogP contribution < -0.4 is 16.3 Å². The van der Waals surface area contributed by atoms with Gasteiger partial charge in [-0.15, -0.1) is 0 Å². The van der Waals surface area contributed by atoms with Crippen LogP contribution in [-0.2, 0) is 32.5 Å². The Labute approximate surface area is 217 Å². The normalized spacial score (nSPS) is 11.5. The number of amidine groups is 1. The zero-order valence-electron chi connectivity index (χ0n) is 21.3. The fourth-order valence-electron chi connectivity index (χ4n) is 4.23. The van der Waals surface area contributed by atoms with Crippen molar-refractivity contribution < 1.29 is 9.84 Å². The van der Waals surface area contributed by atoms with Gasteiger partial charge in [0.2, 0.25) is 5.88 Å². The van der Waals surface area contributed by atoms with Gasteiger partial charge in [-0.05, 0) is 34.2 Å². The van der Waals surface area contributed by atoms with E-state index < -0.39 is 0 Å². The monoisotopic (exact) mass is 495 g/mol. The second-order valence-electron chi connectivity index (χ2n) is 8.77. The second kappa shape index (κ2) is 12.1. The van der Waals surface area contributed by atoms with Crippen LogP contribution >= 0.6 is 0 Å². The molecule has 0 bridgehead atoms. The molecular weight excluding hydrogens is 462 g/mol. The van der Waals surface area contributed by atoms with Crippen LogP contribution in [0.15, 0.2) is 77.9 Å². The van der Waals surface area contributed by atoms with Crippen molar-refractivity contribution in [3.8, 4) is 17.0 Å². The van der Waals surface area contributed by atoms with Gasteiger partial charge in [0.1, 0.15) is 12.4 Å². The van der Waals surface area contributed by atoms with E-state index in [9.17, 15) is 5.11 Å². The average molecular weight is 496 g/mol. The Hall–Kier alpha value is -4.23. The number of nitrogens with zero attached hydrogens (tertiary/aromatic N) is 3. The van der Waals surface area contributed by atoms with Gasteiger partial charge in [0.25, 0.3) is 0 Å². The molecule has 1 aromatic heterocycles. The number of nitrogens with two attached hydrogens (primary N) is 2. The van der Waals surface area contributed by atoms with Crippen molar-refractivity contribution in [1.29, 1.82) is 0 Å². The lowest BCUT2D eigenvalue weighted by Gasteiger charge is -2.16. The lowest BCUT2D eigenvalue weighted by atomic mass is 9.98. The summed E-state index contributed by atoms with van der Waals surface area (Å²) in [6.45, 7) is 4.56. The van der Waals surface area contributed by atoms with Crippen molar-refractivity contribution >= 4 is 5.84 Å². The van der Waals surface area contributed by atoms with Crippen molar-refractivity contribution in [1.82, 2.24) is 9.97 Å². The summed E-state index contributed by atoms with van der Waals surface area (Å²) in [4.78, 5) is 9.51. The van der Waals surface area contributed by atoms with Gasteiger partial charge in [-0.1, -0.05) is 86.6 Å². The predicted molar refractivity (Wildman–Crippen MR) is 147 cm³/mol. The molecular formula is C30H33N5O2. The van der Waals surface area contributed by atoms with Gasteiger partial charge in [0.15, 0.2) is 5.84 Å². The first-order chi connectivity index (χ1) is 18.1. The van der Waals surface area contributed by atoms with Crippen LogP contribution in [0.5, 0.6) is 5.88 Å². The quantitative estimate of drug-likeness (QED) is 0.129. The van der Waals surface area contributed by atoms with Crippen molar-refractivity contribution in [3.05, 3.63) is 112 Å². The molecule has 0 saturated heterocycles. The summed E-state index contributed by atoms with van der Waals surface area (Å²) >= 11 is 0. The Morgan fingerprint density at radius 1 is 0.865 bits per heavy atom. The van der Waals surface area contributed by atoms with Crippen molar-refractivity contribution in [2.45, 2.75) is 46.3 Å². The third kappa shape index (κ3) is 6.13. The molecule has 0 aliphatic carbocycles. The van der Waals surface area contributed by atoms with Gasteiger partial charge in [-0.3, -0.25) is 0 Å². The Morgan fingerprint density at radius 3 is 2.19 bits per heavy atom. The van der Waals surface area contributed by atoms with E-state index in [1.54, 1.807) is 0 Å². The third-order valence-corrected chi connectivity index (χ3v) is 6.32. The number of aryl methyl sites for hydroxylation is 2. The molecule has 3 aromatic carbocycles. The molecule has 0 radical (unpaired) electrons. The van der Waals surface area contributed by atoms with Crippen molar-refractivity contribution in [3.63, 3.8) is 0 Å². The first kappa shape index (κ1) is 25.9. The highest BCUT2D eigenvalue weighted by Gasteiger charge is 2.16. The fourth-order valence-corrected chi connectivity index (χ4v) is 4.23. The Morgan fingerprint density at radius 2 is 1.54 bits per heavy atom. The van der Waals surface area contributed by atoms with E-state index in [0.29, 0.717) is 24.7 Å². The molecule has 0 unspecified atom stereocenters. The summed E-state index contributed by atoms with van der Waals surface area (Å²) in [7, 11) is 0. The molecule has 4 rings (SSSR count). The van der Waals surface area contributed by atoms with E-state index >= 15 is 0 Å². The average Bonchev–Trinajstić information content (AvgIpc) is 2.96. The summed E-state index contributed by atoms with van der Waals surface area (Å²) < 4.78 is 6.30. The molecule has 0 spiro atoms. The summed E-state index contributed by atoms with van der Waals surface area (Å²) in [6, 6.07) is 23.9. The molecule has 5 N–H and O–H groups in total. The van der Waals surface area contributed by atoms with Crippen molar-refractivity contribution in [2.75, 3.05) is 0 Å². The Bertz CT molecular complexity index is 1370. The van der Waals surface area contributed by atoms with Crippen LogP contribution in [-0.4, -0.2) is 20.9 Å². The zero-order chi connectivity index (χ0) is 26.2. The molecule has 0 atom stereocenters. The van der Waals surface area contributed by atoms with Crippen LogP contribution in [0.2, 0.25) is 0 Å². The first-order valence-corrected chi connectivity index (χ1v) is 12.5. The molecule has 1 heterocycles. The lowest BCUT2D eigenvalue weighted by Crippen LogP contribution is -2.16. The van der Waals surface area contributed by atoms with Gasteiger partial charge in [0, 0.05) is 24.0 Å². The molecule has 0 amide bonds. The molecule has 4 aromatic rings. The zero-order valence-corrected chi connectivity index (χ0v) is 21.3. The minimum Gasteiger partial charge on any atom is -0.472 e. The smallest absolute Gasteiger partial charge is 0.220 e. The first-order valence-electron chi connectivity index (χ1n) is 12.5. The molecule has 7 heteroatoms. The topological polar surface area (TPSA) is 120 Å². The van der Waals surface area contributed by atoms with Crippen LogP contribution in [0.4, 0.5) is 0 Å². The van der Waals surface area contributed by atoms with E-state index in [4.69, 9.17) is 26.3 Å². The molecule has 37 heavy (non-hydrogen) atoms. The van der Waals surface area contributed by atoms with E-state index in [2.05, 4.69) is 12.0 Å².